The summed E-state index contributed by atoms with van der Waals surface area (Å²) < 4.78 is -0.313. The van der Waals surface area contributed by atoms with Crippen LogP contribution in [0.4, 0.5) is 0 Å². The second-order valence-electron chi connectivity index (χ2n) is 6.47. The minimum absolute atomic E-state index is 0.215. The Bertz CT molecular complexity index is 398. The molecule has 1 saturated heterocycles. The van der Waals surface area contributed by atoms with Crippen LogP contribution in [0.1, 0.15) is 45.4 Å². The number of thioether (sulfide) groups is 1. The lowest BCUT2D eigenvalue weighted by Crippen LogP contribution is -2.52. The Labute approximate surface area is 131 Å². The van der Waals surface area contributed by atoms with Gasteiger partial charge in [-0.05, 0) is 50.7 Å². The minimum Gasteiger partial charge on any atom is -0.409 e. The molecule has 2 aliphatic rings. The lowest BCUT2D eigenvalue weighted by molar-refractivity contribution is -0.137. The monoisotopic (exact) mass is 313 g/mol. The van der Waals surface area contributed by atoms with E-state index in [0.717, 1.165) is 31.6 Å². The smallest absolute Gasteiger partial charge is 0.225 e. The third-order valence-corrected chi connectivity index (χ3v) is 6.61. The van der Waals surface area contributed by atoms with E-state index < -0.39 is 0 Å². The largest absolute Gasteiger partial charge is 0.409 e. The average molecular weight is 313 g/mol. The van der Waals surface area contributed by atoms with Crippen LogP contribution in [0.25, 0.3) is 0 Å². The summed E-state index contributed by atoms with van der Waals surface area (Å²) in [5.74, 6) is 1.58. The van der Waals surface area contributed by atoms with Crippen LogP contribution in [0.15, 0.2) is 5.16 Å². The van der Waals surface area contributed by atoms with Crippen molar-refractivity contribution in [1.82, 2.24) is 4.90 Å². The molecule has 6 heteroatoms. The van der Waals surface area contributed by atoms with Crippen LogP contribution in [0.2, 0.25) is 0 Å². The summed E-state index contributed by atoms with van der Waals surface area (Å²) in [5.41, 5.74) is 5.85. The van der Waals surface area contributed by atoms with Gasteiger partial charge < -0.3 is 15.8 Å². The third kappa shape index (κ3) is 3.47. The number of hydrogen-bond acceptors (Lipinski definition) is 4. The van der Waals surface area contributed by atoms with Crippen LogP contribution >= 0.6 is 11.8 Å². The first kappa shape index (κ1) is 16.5. The number of amides is 1. The summed E-state index contributed by atoms with van der Waals surface area (Å²) >= 11 is 1.62. The van der Waals surface area contributed by atoms with Crippen molar-refractivity contribution in [1.29, 1.82) is 0 Å². The normalized spacial score (nSPS) is 30.2. The van der Waals surface area contributed by atoms with Crippen molar-refractivity contribution in [3.63, 3.8) is 0 Å². The van der Waals surface area contributed by atoms with Crippen LogP contribution < -0.4 is 5.73 Å². The maximum Gasteiger partial charge on any atom is 0.225 e. The number of oxime groups is 1. The number of nitrogens with zero attached hydrogens (tertiary/aromatic N) is 2. The Balaban J connectivity index is 1.93. The average Bonchev–Trinajstić information content (AvgIpc) is 2.54. The SMILES string of the molecule is CSC1(C(N)=NO)CCN(C(=O)C2CCC(C)CC2)CC1. The van der Waals surface area contributed by atoms with E-state index >= 15 is 0 Å². The number of amidine groups is 1. The predicted octanol–water partition coefficient (Wildman–Crippen LogP) is 2.28. The Kier molecular flexibility index (Phi) is 5.41. The summed E-state index contributed by atoms with van der Waals surface area (Å²) in [6, 6.07) is 0. The Morgan fingerprint density at radius 2 is 1.86 bits per heavy atom. The molecule has 0 aromatic heterocycles. The molecule has 2 fully saturated rings. The highest BCUT2D eigenvalue weighted by atomic mass is 32.2. The molecule has 0 unspecified atom stereocenters. The molecule has 1 aliphatic carbocycles. The molecule has 1 heterocycles. The lowest BCUT2D eigenvalue weighted by atomic mass is 9.82. The fraction of sp³-hybridized carbons (Fsp3) is 0.867. The molecule has 2 rings (SSSR count). The van der Waals surface area contributed by atoms with Crippen molar-refractivity contribution >= 4 is 23.5 Å². The number of piperidine rings is 1. The first-order chi connectivity index (χ1) is 10.0. The highest BCUT2D eigenvalue weighted by Gasteiger charge is 2.40. The van der Waals surface area contributed by atoms with Crippen molar-refractivity contribution in [2.24, 2.45) is 22.7 Å². The second-order valence-corrected chi connectivity index (χ2v) is 7.66. The molecule has 1 aliphatic heterocycles. The quantitative estimate of drug-likeness (QED) is 0.363. The molecule has 3 N–H and O–H groups in total. The zero-order valence-electron chi connectivity index (χ0n) is 13.0. The standard InChI is InChI=1S/C15H27N3O2S/c1-11-3-5-12(6-4-11)13(19)18-9-7-15(21-2,8-10-18)14(16)17-20/h11-12,20H,3-10H2,1-2H3,(H2,16,17). The van der Waals surface area contributed by atoms with Crippen LogP contribution in [-0.2, 0) is 4.79 Å². The molecule has 5 nitrogen and oxygen atoms in total. The van der Waals surface area contributed by atoms with Gasteiger partial charge in [-0.25, -0.2) is 0 Å². The molecular weight excluding hydrogens is 286 g/mol. The van der Waals surface area contributed by atoms with E-state index in [-0.39, 0.29) is 16.5 Å². The van der Waals surface area contributed by atoms with E-state index in [4.69, 9.17) is 10.9 Å². The van der Waals surface area contributed by atoms with E-state index in [1.807, 2.05) is 11.2 Å². The van der Waals surface area contributed by atoms with E-state index in [0.29, 0.717) is 19.0 Å². The molecule has 0 aromatic carbocycles. The van der Waals surface area contributed by atoms with Gasteiger partial charge in [-0.15, -0.1) is 0 Å². The molecule has 21 heavy (non-hydrogen) atoms. The first-order valence-corrected chi connectivity index (χ1v) is 9.07. The van der Waals surface area contributed by atoms with Gasteiger partial charge in [0.05, 0.1) is 4.75 Å². The summed E-state index contributed by atoms with van der Waals surface area (Å²) in [7, 11) is 0. The molecule has 0 bridgehead atoms. The van der Waals surface area contributed by atoms with Crippen molar-refractivity contribution < 1.29 is 10.0 Å². The zero-order valence-corrected chi connectivity index (χ0v) is 13.9. The summed E-state index contributed by atoms with van der Waals surface area (Å²) in [6.45, 7) is 3.69. The molecule has 120 valence electrons. The molecule has 1 saturated carbocycles. The van der Waals surface area contributed by atoms with Gasteiger partial charge in [-0.2, -0.15) is 11.8 Å². The number of rotatable bonds is 3. The van der Waals surface area contributed by atoms with E-state index in [1.54, 1.807) is 11.8 Å². The van der Waals surface area contributed by atoms with Crippen molar-refractivity contribution in [3.8, 4) is 0 Å². The van der Waals surface area contributed by atoms with Gasteiger partial charge >= 0.3 is 0 Å². The van der Waals surface area contributed by atoms with Gasteiger partial charge in [-0.3, -0.25) is 4.79 Å². The van der Waals surface area contributed by atoms with Gasteiger partial charge in [0.1, 0.15) is 0 Å². The Hall–Kier alpha value is -0.910. The molecule has 0 aromatic rings. The fourth-order valence-electron chi connectivity index (χ4n) is 3.51. The van der Waals surface area contributed by atoms with Crippen LogP contribution in [0.5, 0.6) is 0 Å². The van der Waals surface area contributed by atoms with Crippen molar-refractivity contribution in [2.75, 3.05) is 19.3 Å². The highest BCUT2D eigenvalue weighted by Crippen LogP contribution is 2.36. The highest BCUT2D eigenvalue weighted by molar-refractivity contribution is 8.00. The zero-order chi connectivity index (χ0) is 15.5. The second kappa shape index (κ2) is 6.90. The lowest BCUT2D eigenvalue weighted by Gasteiger charge is -2.41. The van der Waals surface area contributed by atoms with Gasteiger partial charge in [0, 0.05) is 19.0 Å². The molecule has 0 spiro atoms. The van der Waals surface area contributed by atoms with Crippen molar-refractivity contribution in [3.05, 3.63) is 0 Å². The van der Waals surface area contributed by atoms with Crippen LogP contribution in [-0.4, -0.2) is 45.9 Å². The Morgan fingerprint density at radius 1 is 1.29 bits per heavy atom. The van der Waals surface area contributed by atoms with Crippen LogP contribution in [0, 0.1) is 11.8 Å². The topological polar surface area (TPSA) is 78.9 Å². The van der Waals surface area contributed by atoms with E-state index in [1.165, 1.54) is 12.8 Å². The van der Waals surface area contributed by atoms with E-state index in [9.17, 15) is 4.79 Å². The molecular formula is C15H27N3O2S. The Morgan fingerprint density at radius 3 is 2.33 bits per heavy atom. The minimum atomic E-state index is -0.313. The fourth-order valence-corrected chi connectivity index (χ4v) is 4.35. The maximum absolute atomic E-state index is 12.6. The number of carbonyl (C=O) groups is 1. The van der Waals surface area contributed by atoms with Gasteiger partial charge in [-0.1, -0.05) is 12.1 Å². The first-order valence-electron chi connectivity index (χ1n) is 7.84. The number of likely N-dealkylation sites (tertiary alicyclic amines) is 1. The maximum atomic E-state index is 12.6. The van der Waals surface area contributed by atoms with Gasteiger partial charge in [0.15, 0.2) is 5.84 Å². The number of hydrogen-bond donors (Lipinski definition) is 2. The molecule has 0 atom stereocenters. The van der Waals surface area contributed by atoms with Gasteiger partial charge in [0.25, 0.3) is 0 Å². The number of carbonyl (C=O) groups excluding carboxylic acids is 1. The van der Waals surface area contributed by atoms with Gasteiger partial charge in [0.2, 0.25) is 5.91 Å². The van der Waals surface area contributed by atoms with Crippen LogP contribution in [0.3, 0.4) is 0 Å². The summed E-state index contributed by atoms with van der Waals surface area (Å²) in [5, 5.41) is 12.1. The van der Waals surface area contributed by atoms with Crippen molar-refractivity contribution in [2.45, 2.75) is 50.2 Å². The van der Waals surface area contributed by atoms with E-state index in [2.05, 4.69) is 12.1 Å². The molecule has 1 amide bonds. The number of nitrogens with two attached hydrogens (primary N) is 1. The summed E-state index contributed by atoms with van der Waals surface area (Å²) in [6.07, 6.45) is 7.91. The predicted molar refractivity (Wildman–Crippen MR) is 86.6 cm³/mol. The third-order valence-electron chi connectivity index (χ3n) is 5.21. The molecule has 0 radical (unpaired) electrons. The summed E-state index contributed by atoms with van der Waals surface area (Å²) in [4.78, 5) is 14.6.